The first kappa shape index (κ1) is 11.6. The Labute approximate surface area is 89.7 Å². The van der Waals surface area contributed by atoms with Crippen LogP contribution in [0, 0.1) is 0 Å². The lowest BCUT2D eigenvalue weighted by Gasteiger charge is -2.10. The summed E-state index contributed by atoms with van der Waals surface area (Å²) in [6.07, 6.45) is 0.345. The highest BCUT2D eigenvalue weighted by atomic mass is 16.5. The van der Waals surface area contributed by atoms with Gasteiger partial charge in [0.15, 0.2) is 0 Å². The molecular formula is C12H16O3. The van der Waals surface area contributed by atoms with Gasteiger partial charge < -0.3 is 9.84 Å². The lowest BCUT2D eigenvalue weighted by molar-refractivity contribution is -0.134. The number of phenols is 1. The molecule has 15 heavy (non-hydrogen) atoms. The molecule has 82 valence electrons. The molecule has 0 aliphatic carbocycles. The zero-order valence-corrected chi connectivity index (χ0v) is 9.28. The van der Waals surface area contributed by atoms with Gasteiger partial charge in [-0.3, -0.25) is 4.79 Å². The number of benzene rings is 1. The maximum Gasteiger partial charge on any atom is 0.310 e. The average molecular weight is 208 g/mol. The van der Waals surface area contributed by atoms with Crippen molar-refractivity contribution in [2.45, 2.75) is 33.1 Å². The van der Waals surface area contributed by atoms with Gasteiger partial charge >= 0.3 is 5.97 Å². The van der Waals surface area contributed by atoms with Gasteiger partial charge in [0.2, 0.25) is 0 Å². The van der Waals surface area contributed by atoms with Crippen LogP contribution in [0.2, 0.25) is 0 Å². The number of hydrogen-bond acceptors (Lipinski definition) is 3. The molecule has 0 atom stereocenters. The highest BCUT2D eigenvalue weighted by Crippen LogP contribution is 2.29. The molecule has 0 fully saturated rings. The van der Waals surface area contributed by atoms with Crippen LogP contribution >= 0.6 is 0 Å². The van der Waals surface area contributed by atoms with Crippen molar-refractivity contribution in [2.24, 2.45) is 0 Å². The van der Waals surface area contributed by atoms with E-state index in [-0.39, 0.29) is 17.6 Å². The maximum absolute atomic E-state index is 11.1. The summed E-state index contributed by atoms with van der Waals surface area (Å²) in [6, 6.07) is 4.84. The zero-order valence-electron chi connectivity index (χ0n) is 9.28. The fourth-order valence-electron chi connectivity index (χ4n) is 1.26. The maximum atomic E-state index is 11.1. The minimum Gasteiger partial charge on any atom is -0.508 e. The van der Waals surface area contributed by atoms with Gasteiger partial charge in [0.05, 0.1) is 0 Å². The Morgan fingerprint density at radius 3 is 2.67 bits per heavy atom. The number of rotatable bonds is 3. The van der Waals surface area contributed by atoms with Crippen molar-refractivity contribution < 1.29 is 14.6 Å². The van der Waals surface area contributed by atoms with Crippen molar-refractivity contribution in [2.75, 3.05) is 0 Å². The van der Waals surface area contributed by atoms with Gasteiger partial charge in [-0.2, -0.15) is 0 Å². The molecule has 1 rings (SSSR count). The van der Waals surface area contributed by atoms with Crippen molar-refractivity contribution in [1.82, 2.24) is 0 Å². The topological polar surface area (TPSA) is 46.5 Å². The number of carbonyl (C=O) groups excluding carboxylic acids is 1. The number of ether oxygens (including phenoxy) is 1. The van der Waals surface area contributed by atoms with Crippen molar-refractivity contribution in [1.29, 1.82) is 0 Å². The molecule has 0 radical (unpaired) electrons. The molecule has 1 aromatic rings. The van der Waals surface area contributed by atoms with Crippen molar-refractivity contribution >= 4 is 5.97 Å². The second-order valence-corrected chi connectivity index (χ2v) is 3.70. The molecule has 0 heterocycles. The van der Waals surface area contributed by atoms with Gasteiger partial charge in [0, 0.05) is 12.0 Å². The van der Waals surface area contributed by atoms with E-state index in [0.29, 0.717) is 12.2 Å². The fraction of sp³-hybridized carbons (Fsp3) is 0.417. The molecule has 1 aromatic carbocycles. The number of hydrogen-bond donors (Lipinski definition) is 1. The summed E-state index contributed by atoms with van der Waals surface area (Å²) in [6.45, 7) is 5.69. The Kier molecular flexibility index (Phi) is 3.72. The van der Waals surface area contributed by atoms with Crippen LogP contribution in [0.1, 0.15) is 38.7 Å². The highest BCUT2D eigenvalue weighted by molar-refractivity contribution is 5.72. The SMILES string of the molecule is CCC(=O)Oc1ccc(O)c(C(C)C)c1. The Hall–Kier alpha value is -1.51. The zero-order chi connectivity index (χ0) is 11.4. The van der Waals surface area contributed by atoms with E-state index in [2.05, 4.69) is 0 Å². The molecule has 0 aliphatic heterocycles. The molecule has 3 heteroatoms. The van der Waals surface area contributed by atoms with E-state index in [4.69, 9.17) is 4.74 Å². The molecule has 0 amide bonds. The highest BCUT2D eigenvalue weighted by Gasteiger charge is 2.09. The van der Waals surface area contributed by atoms with E-state index < -0.39 is 0 Å². The molecule has 0 spiro atoms. The molecule has 0 saturated heterocycles. The lowest BCUT2D eigenvalue weighted by atomic mass is 10.0. The summed E-state index contributed by atoms with van der Waals surface area (Å²) in [5.74, 6) is 0.658. The minimum atomic E-state index is -0.268. The average Bonchev–Trinajstić information content (AvgIpc) is 2.20. The van der Waals surface area contributed by atoms with E-state index in [0.717, 1.165) is 5.56 Å². The second kappa shape index (κ2) is 4.82. The summed E-state index contributed by atoms with van der Waals surface area (Å²) in [5.41, 5.74) is 0.788. The van der Waals surface area contributed by atoms with Gasteiger partial charge in [0.1, 0.15) is 11.5 Å². The van der Waals surface area contributed by atoms with Crippen LogP contribution in [0.3, 0.4) is 0 Å². The first-order valence-electron chi connectivity index (χ1n) is 5.08. The molecule has 0 saturated carbocycles. The van der Waals surface area contributed by atoms with Crippen LogP contribution in [-0.2, 0) is 4.79 Å². The molecule has 3 nitrogen and oxygen atoms in total. The number of phenolic OH excluding ortho intramolecular Hbond substituents is 1. The van der Waals surface area contributed by atoms with Crippen LogP contribution in [0.25, 0.3) is 0 Å². The molecule has 0 aromatic heterocycles. The quantitative estimate of drug-likeness (QED) is 0.613. The number of aromatic hydroxyl groups is 1. The molecule has 0 bridgehead atoms. The summed E-state index contributed by atoms with van der Waals surface area (Å²) in [4.78, 5) is 11.1. The van der Waals surface area contributed by atoms with Gasteiger partial charge in [-0.15, -0.1) is 0 Å². The van der Waals surface area contributed by atoms with E-state index in [1.807, 2.05) is 13.8 Å². The third-order valence-electron chi connectivity index (χ3n) is 2.14. The summed E-state index contributed by atoms with van der Waals surface area (Å²) in [7, 11) is 0. The first-order chi connectivity index (χ1) is 7.04. The smallest absolute Gasteiger partial charge is 0.310 e. The number of carbonyl (C=O) groups is 1. The van der Waals surface area contributed by atoms with E-state index >= 15 is 0 Å². The van der Waals surface area contributed by atoms with Gasteiger partial charge in [0.25, 0.3) is 0 Å². The van der Waals surface area contributed by atoms with Crippen LogP contribution in [-0.4, -0.2) is 11.1 Å². The predicted molar refractivity (Wildman–Crippen MR) is 58.1 cm³/mol. The van der Waals surface area contributed by atoms with E-state index in [1.165, 1.54) is 0 Å². The Morgan fingerprint density at radius 2 is 2.13 bits per heavy atom. The van der Waals surface area contributed by atoms with Crippen LogP contribution in [0.5, 0.6) is 11.5 Å². The fourth-order valence-corrected chi connectivity index (χ4v) is 1.26. The predicted octanol–water partition coefficient (Wildman–Crippen LogP) is 2.83. The summed E-state index contributed by atoms with van der Waals surface area (Å²) < 4.78 is 5.06. The van der Waals surface area contributed by atoms with Crippen molar-refractivity contribution in [3.05, 3.63) is 23.8 Å². The van der Waals surface area contributed by atoms with Crippen molar-refractivity contribution in [3.63, 3.8) is 0 Å². The van der Waals surface area contributed by atoms with Gasteiger partial charge in [-0.05, 0) is 24.1 Å². The van der Waals surface area contributed by atoms with Gasteiger partial charge in [-0.1, -0.05) is 20.8 Å². The Bertz CT molecular complexity index is 356. The Balaban J connectivity index is 2.92. The third-order valence-corrected chi connectivity index (χ3v) is 2.14. The van der Waals surface area contributed by atoms with Crippen LogP contribution < -0.4 is 4.74 Å². The largest absolute Gasteiger partial charge is 0.508 e. The second-order valence-electron chi connectivity index (χ2n) is 3.70. The molecule has 0 unspecified atom stereocenters. The number of esters is 1. The lowest BCUT2D eigenvalue weighted by Crippen LogP contribution is -2.05. The van der Waals surface area contributed by atoms with Gasteiger partial charge in [-0.25, -0.2) is 0 Å². The minimum absolute atomic E-state index is 0.199. The van der Waals surface area contributed by atoms with E-state index in [1.54, 1.807) is 25.1 Å². The van der Waals surface area contributed by atoms with Crippen molar-refractivity contribution in [3.8, 4) is 11.5 Å². The monoisotopic (exact) mass is 208 g/mol. The normalized spacial score (nSPS) is 10.4. The molecular weight excluding hydrogens is 192 g/mol. The van der Waals surface area contributed by atoms with E-state index in [9.17, 15) is 9.90 Å². The summed E-state index contributed by atoms with van der Waals surface area (Å²) in [5, 5.41) is 9.56. The third kappa shape index (κ3) is 2.98. The van der Waals surface area contributed by atoms with Crippen LogP contribution in [0.15, 0.2) is 18.2 Å². The van der Waals surface area contributed by atoms with Crippen LogP contribution in [0.4, 0.5) is 0 Å². The Morgan fingerprint density at radius 1 is 1.47 bits per heavy atom. The molecule has 0 aliphatic rings. The summed E-state index contributed by atoms with van der Waals surface area (Å²) >= 11 is 0. The first-order valence-corrected chi connectivity index (χ1v) is 5.08. The molecule has 1 N–H and O–H groups in total. The standard InChI is InChI=1S/C12H16O3/c1-4-12(14)15-9-5-6-11(13)10(7-9)8(2)3/h5-8,13H,4H2,1-3H3.